The molecule has 1 rings (SSSR count). The Bertz CT molecular complexity index is 587. The summed E-state index contributed by atoms with van der Waals surface area (Å²) >= 11 is 0. The highest BCUT2D eigenvalue weighted by atomic mass is 127. The van der Waals surface area contributed by atoms with E-state index in [-0.39, 0.29) is 40.9 Å². The lowest BCUT2D eigenvalue weighted by Crippen LogP contribution is -2.44. The van der Waals surface area contributed by atoms with Gasteiger partial charge in [-0.15, -0.1) is 24.0 Å². The minimum absolute atomic E-state index is 0. The summed E-state index contributed by atoms with van der Waals surface area (Å²) in [6.45, 7) is 7.04. The minimum Gasteiger partial charge on any atom is -0.356 e. The summed E-state index contributed by atoms with van der Waals surface area (Å²) in [6.07, 6.45) is 0. The summed E-state index contributed by atoms with van der Waals surface area (Å²) in [6, 6.07) is 10.3. The van der Waals surface area contributed by atoms with Gasteiger partial charge in [0.25, 0.3) is 0 Å². The van der Waals surface area contributed by atoms with Gasteiger partial charge >= 0.3 is 0 Å². The molecule has 0 bridgehead atoms. The molecule has 0 heterocycles. The van der Waals surface area contributed by atoms with Crippen molar-refractivity contribution in [2.45, 2.75) is 26.2 Å². The van der Waals surface area contributed by atoms with Gasteiger partial charge in [0.1, 0.15) is 0 Å². The monoisotopic (exact) mass is 453 g/mol. The zero-order chi connectivity index (χ0) is 16.6. The van der Waals surface area contributed by atoms with E-state index in [9.17, 15) is 8.42 Å². The Labute approximate surface area is 157 Å². The summed E-state index contributed by atoms with van der Waals surface area (Å²) in [5, 5.41) is 6.30. The van der Waals surface area contributed by atoms with E-state index in [0.717, 1.165) is 0 Å². The molecule has 1 aromatic carbocycles. The van der Waals surface area contributed by atoms with Crippen LogP contribution in [0.4, 0.5) is 0 Å². The van der Waals surface area contributed by atoms with Gasteiger partial charge in [0.15, 0.2) is 15.8 Å². The van der Waals surface area contributed by atoms with Gasteiger partial charge in [-0.1, -0.05) is 51.1 Å². The van der Waals surface area contributed by atoms with E-state index in [4.69, 9.17) is 0 Å². The third-order valence-electron chi connectivity index (χ3n) is 3.62. The number of halogens is 1. The summed E-state index contributed by atoms with van der Waals surface area (Å²) in [5.74, 6) is 0.906. The van der Waals surface area contributed by atoms with Gasteiger partial charge in [-0.05, 0) is 5.56 Å². The first-order valence-electron chi connectivity index (χ1n) is 7.51. The van der Waals surface area contributed by atoms with Gasteiger partial charge in [-0.3, -0.25) is 4.99 Å². The molecule has 2 N–H and O–H groups in total. The molecule has 7 heteroatoms. The van der Waals surface area contributed by atoms with Gasteiger partial charge in [0.05, 0.1) is 5.75 Å². The highest BCUT2D eigenvalue weighted by Crippen LogP contribution is 2.21. The van der Waals surface area contributed by atoms with Crippen LogP contribution in [0.3, 0.4) is 0 Å². The minimum atomic E-state index is -2.95. The van der Waals surface area contributed by atoms with Crippen molar-refractivity contribution >= 4 is 39.8 Å². The molecule has 1 aromatic rings. The normalized spacial score (nSPS) is 12.4. The van der Waals surface area contributed by atoms with E-state index in [1.807, 2.05) is 18.2 Å². The Kier molecular flexibility index (Phi) is 9.76. The molecule has 23 heavy (non-hydrogen) atoms. The Balaban J connectivity index is 0.00000484. The number of rotatable bonds is 7. The van der Waals surface area contributed by atoms with Crippen molar-refractivity contribution in [3.8, 4) is 0 Å². The predicted molar refractivity (Wildman–Crippen MR) is 109 cm³/mol. The van der Waals surface area contributed by atoms with Gasteiger partial charge in [0, 0.05) is 31.3 Å². The molecule has 0 unspecified atom stereocenters. The molecule has 0 amide bonds. The summed E-state index contributed by atoms with van der Waals surface area (Å²) < 4.78 is 22.9. The van der Waals surface area contributed by atoms with Crippen molar-refractivity contribution in [2.75, 3.05) is 31.6 Å². The second-order valence-electron chi connectivity index (χ2n) is 5.84. The molecule has 0 radical (unpaired) electrons. The quantitative estimate of drug-likeness (QED) is 0.377. The Morgan fingerprint density at radius 3 is 2.30 bits per heavy atom. The van der Waals surface area contributed by atoms with Gasteiger partial charge in [0.2, 0.25) is 0 Å². The average molecular weight is 453 g/mol. The lowest BCUT2D eigenvalue weighted by Gasteiger charge is -2.26. The van der Waals surface area contributed by atoms with Crippen molar-refractivity contribution in [1.29, 1.82) is 0 Å². The van der Waals surface area contributed by atoms with Crippen molar-refractivity contribution in [3.05, 3.63) is 35.9 Å². The Morgan fingerprint density at radius 1 is 1.17 bits per heavy atom. The Morgan fingerprint density at radius 2 is 1.78 bits per heavy atom. The van der Waals surface area contributed by atoms with Crippen LogP contribution >= 0.6 is 24.0 Å². The van der Waals surface area contributed by atoms with Crippen LogP contribution in [0.15, 0.2) is 35.3 Å². The van der Waals surface area contributed by atoms with Crippen molar-refractivity contribution in [3.63, 3.8) is 0 Å². The first-order valence-corrected chi connectivity index (χ1v) is 9.33. The third kappa shape index (κ3) is 8.01. The zero-order valence-corrected chi connectivity index (χ0v) is 17.4. The number of sulfone groups is 1. The zero-order valence-electron chi connectivity index (χ0n) is 14.3. The van der Waals surface area contributed by atoms with Crippen molar-refractivity contribution in [2.24, 2.45) is 4.99 Å². The largest absolute Gasteiger partial charge is 0.356 e. The van der Waals surface area contributed by atoms with Crippen LogP contribution in [0.5, 0.6) is 0 Å². The number of guanidine groups is 1. The smallest absolute Gasteiger partial charge is 0.191 e. The van der Waals surface area contributed by atoms with Crippen LogP contribution in [-0.2, 0) is 15.3 Å². The van der Waals surface area contributed by atoms with Crippen molar-refractivity contribution in [1.82, 2.24) is 10.6 Å². The molecule has 0 aliphatic rings. The molecule has 0 fully saturated rings. The first-order chi connectivity index (χ1) is 10.3. The van der Waals surface area contributed by atoms with Crippen LogP contribution < -0.4 is 10.6 Å². The van der Waals surface area contributed by atoms with Crippen LogP contribution in [-0.4, -0.2) is 46.0 Å². The fourth-order valence-electron chi connectivity index (χ4n) is 1.99. The predicted octanol–water partition coefficient (Wildman–Crippen LogP) is 2.18. The molecular formula is C16H28IN3O2S. The number of aliphatic imine (C=N–C) groups is 1. The first kappa shape index (κ1) is 22.2. The number of hydrogen-bond acceptors (Lipinski definition) is 3. The van der Waals surface area contributed by atoms with E-state index >= 15 is 0 Å². The molecule has 0 aromatic heterocycles. The molecule has 0 saturated heterocycles. The lowest BCUT2D eigenvalue weighted by atomic mass is 9.85. The molecule has 0 aliphatic heterocycles. The van der Waals surface area contributed by atoms with E-state index in [2.05, 4.69) is 41.6 Å². The summed E-state index contributed by atoms with van der Waals surface area (Å²) in [4.78, 5) is 4.13. The van der Waals surface area contributed by atoms with E-state index < -0.39 is 9.84 Å². The second-order valence-corrected chi connectivity index (χ2v) is 8.31. The van der Waals surface area contributed by atoms with Crippen LogP contribution in [0.1, 0.15) is 26.3 Å². The highest BCUT2D eigenvalue weighted by molar-refractivity contribution is 14.0. The topological polar surface area (TPSA) is 70.6 Å². The SMILES string of the molecule is CCS(=O)(=O)CCNC(=NC)NCC(C)(C)c1ccccc1.I. The lowest BCUT2D eigenvalue weighted by molar-refractivity contribution is 0.509. The number of nitrogens with one attached hydrogen (secondary N) is 2. The third-order valence-corrected chi connectivity index (χ3v) is 5.33. The molecule has 0 saturated carbocycles. The molecule has 132 valence electrons. The number of nitrogens with zero attached hydrogens (tertiary/aromatic N) is 1. The number of benzene rings is 1. The van der Waals surface area contributed by atoms with Crippen LogP contribution in [0.2, 0.25) is 0 Å². The highest BCUT2D eigenvalue weighted by Gasteiger charge is 2.20. The average Bonchev–Trinajstić information content (AvgIpc) is 2.51. The van der Waals surface area contributed by atoms with Crippen molar-refractivity contribution < 1.29 is 8.42 Å². The maximum atomic E-state index is 11.5. The van der Waals surface area contributed by atoms with Crippen LogP contribution in [0, 0.1) is 0 Å². The van der Waals surface area contributed by atoms with E-state index in [1.54, 1.807) is 14.0 Å². The van der Waals surface area contributed by atoms with Gasteiger partial charge < -0.3 is 10.6 Å². The van der Waals surface area contributed by atoms with Gasteiger partial charge in [-0.25, -0.2) is 8.42 Å². The Hall–Kier alpha value is -0.830. The van der Waals surface area contributed by atoms with E-state index in [0.29, 0.717) is 19.0 Å². The van der Waals surface area contributed by atoms with Crippen LogP contribution in [0.25, 0.3) is 0 Å². The maximum absolute atomic E-state index is 11.5. The fourth-order valence-corrected chi connectivity index (χ4v) is 2.69. The number of hydrogen-bond donors (Lipinski definition) is 2. The fraction of sp³-hybridized carbons (Fsp3) is 0.562. The summed E-state index contributed by atoms with van der Waals surface area (Å²) in [7, 11) is -1.28. The van der Waals surface area contributed by atoms with E-state index in [1.165, 1.54) is 5.56 Å². The molecule has 0 atom stereocenters. The summed E-state index contributed by atoms with van der Waals surface area (Å²) in [5.41, 5.74) is 1.19. The van der Waals surface area contributed by atoms with Gasteiger partial charge in [-0.2, -0.15) is 0 Å². The molecule has 0 spiro atoms. The molecule has 0 aliphatic carbocycles. The standard InChI is InChI=1S/C16H27N3O2S.HI/c1-5-22(20,21)12-11-18-15(17-4)19-13-16(2,3)14-9-7-6-8-10-14;/h6-10H,5,11-13H2,1-4H3,(H2,17,18,19);1H. The molecule has 5 nitrogen and oxygen atoms in total. The maximum Gasteiger partial charge on any atom is 0.191 e. The second kappa shape index (κ2) is 10.1. The molecular weight excluding hydrogens is 425 g/mol.